The van der Waals surface area contributed by atoms with E-state index in [0.29, 0.717) is 5.92 Å². The highest BCUT2D eigenvalue weighted by atomic mass is 16.5. The molecule has 0 aromatic heterocycles. The van der Waals surface area contributed by atoms with Crippen LogP contribution in [0, 0.1) is 5.92 Å². The molecule has 0 radical (unpaired) electrons. The van der Waals surface area contributed by atoms with Gasteiger partial charge in [0.25, 0.3) is 0 Å². The van der Waals surface area contributed by atoms with Gasteiger partial charge in [0.05, 0.1) is 7.11 Å². The van der Waals surface area contributed by atoms with E-state index in [2.05, 4.69) is 30.4 Å². The molecule has 0 saturated carbocycles. The van der Waals surface area contributed by atoms with Crippen molar-refractivity contribution in [3.8, 4) is 5.75 Å². The van der Waals surface area contributed by atoms with Crippen LogP contribution in [0.1, 0.15) is 23.5 Å². The van der Waals surface area contributed by atoms with Crippen LogP contribution in [0.2, 0.25) is 0 Å². The zero-order valence-corrected chi connectivity index (χ0v) is 8.36. The largest absolute Gasteiger partial charge is 0.496 e. The van der Waals surface area contributed by atoms with Crippen molar-refractivity contribution in [2.75, 3.05) is 7.11 Å². The number of hydrogen-bond acceptors (Lipinski definition) is 1. The molecule has 1 aromatic rings. The number of methoxy groups -OCH3 is 1. The molecular weight excluding hydrogens is 172 g/mol. The van der Waals surface area contributed by atoms with E-state index < -0.39 is 0 Å². The molecule has 0 saturated heterocycles. The number of hydrogen-bond donors (Lipinski definition) is 0. The Kier molecular flexibility index (Phi) is 1.66. The van der Waals surface area contributed by atoms with Gasteiger partial charge in [0.1, 0.15) is 5.75 Å². The fourth-order valence-corrected chi connectivity index (χ4v) is 2.76. The Morgan fingerprint density at radius 1 is 1.29 bits per heavy atom. The second kappa shape index (κ2) is 2.88. The monoisotopic (exact) mass is 186 g/mol. The predicted molar refractivity (Wildman–Crippen MR) is 56.7 cm³/mol. The van der Waals surface area contributed by atoms with Crippen molar-refractivity contribution in [2.24, 2.45) is 5.92 Å². The molecule has 2 aliphatic rings. The van der Waals surface area contributed by atoms with Crippen LogP contribution in [0.3, 0.4) is 0 Å². The molecule has 0 amide bonds. The Balaban J connectivity index is 2.15. The van der Waals surface area contributed by atoms with Gasteiger partial charge in [0.15, 0.2) is 0 Å². The van der Waals surface area contributed by atoms with Gasteiger partial charge in [-0.2, -0.15) is 0 Å². The topological polar surface area (TPSA) is 9.23 Å². The Labute approximate surface area is 84.4 Å². The highest BCUT2D eigenvalue weighted by Crippen LogP contribution is 2.44. The van der Waals surface area contributed by atoms with Gasteiger partial charge < -0.3 is 4.74 Å². The number of allylic oxidation sites excluding steroid dienone is 2. The van der Waals surface area contributed by atoms with E-state index in [1.807, 2.05) is 0 Å². The number of rotatable bonds is 1. The lowest BCUT2D eigenvalue weighted by Crippen LogP contribution is -2.12. The van der Waals surface area contributed by atoms with Crippen LogP contribution in [0.4, 0.5) is 0 Å². The molecule has 14 heavy (non-hydrogen) atoms. The highest BCUT2D eigenvalue weighted by Gasteiger charge is 2.29. The van der Waals surface area contributed by atoms with Crippen molar-refractivity contribution in [3.63, 3.8) is 0 Å². The second-order valence-corrected chi connectivity index (χ2v) is 4.22. The standard InChI is InChI=1S/C13H14O/c1-14-13-4-2-3-11-10-6-5-9(7-10)8-12(11)13/h2-6,9-10H,7-8H2,1H3. The molecule has 0 N–H and O–H groups in total. The third-order valence-corrected chi connectivity index (χ3v) is 3.43. The van der Waals surface area contributed by atoms with Crippen molar-refractivity contribution in [1.82, 2.24) is 0 Å². The molecule has 0 heterocycles. The van der Waals surface area contributed by atoms with E-state index in [1.54, 1.807) is 7.11 Å². The zero-order valence-electron chi connectivity index (χ0n) is 8.36. The summed E-state index contributed by atoms with van der Waals surface area (Å²) in [6.07, 6.45) is 7.19. The summed E-state index contributed by atoms with van der Waals surface area (Å²) in [5.74, 6) is 2.48. The maximum atomic E-state index is 5.41. The zero-order chi connectivity index (χ0) is 9.54. The highest BCUT2D eigenvalue weighted by molar-refractivity contribution is 5.47. The molecule has 2 bridgehead atoms. The van der Waals surface area contributed by atoms with Crippen LogP contribution in [0.25, 0.3) is 0 Å². The van der Waals surface area contributed by atoms with Crippen molar-refractivity contribution >= 4 is 0 Å². The minimum atomic E-state index is 0.652. The second-order valence-electron chi connectivity index (χ2n) is 4.22. The van der Waals surface area contributed by atoms with Gasteiger partial charge >= 0.3 is 0 Å². The minimum Gasteiger partial charge on any atom is -0.496 e. The Morgan fingerprint density at radius 2 is 2.21 bits per heavy atom. The van der Waals surface area contributed by atoms with E-state index in [-0.39, 0.29) is 0 Å². The maximum Gasteiger partial charge on any atom is 0.122 e. The Hall–Kier alpha value is -1.24. The summed E-state index contributed by atoms with van der Waals surface area (Å²) < 4.78 is 5.41. The van der Waals surface area contributed by atoms with Crippen LogP contribution in [-0.2, 0) is 6.42 Å². The molecule has 1 aromatic carbocycles. The van der Waals surface area contributed by atoms with Crippen molar-refractivity contribution in [1.29, 1.82) is 0 Å². The minimum absolute atomic E-state index is 0.652. The first-order valence-corrected chi connectivity index (χ1v) is 5.22. The third kappa shape index (κ3) is 1.02. The quantitative estimate of drug-likeness (QED) is 0.613. The molecular formula is C13H14O. The smallest absolute Gasteiger partial charge is 0.122 e. The third-order valence-electron chi connectivity index (χ3n) is 3.43. The molecule has 2 aliphatic carbocycles. The van der Waals surface area contributed by atoms with Gasteiger partial charge in [-0.25, -0.2) is 0 Å². The van der Waals surface area contributed by atoms with Crippen LogP contribution in [-0.4, -0.2) is 7.11 Å². The molecule has 0 aliphatic heterocycles. The van der Waals surface area contributed by atoms with Crippen LogP contribution >= 0.6 is 0 Å². The van der Waals surface area contributed by atoms with Crippen LogP contribution in [0.15, 0.2) is 30.4 Å². The average Bonchev–Trinajstić information content (AvgIpc) is 2.61. The lowest BCUT2D eigenvalue weighted by atomic mass is 9.81. The lowest BCUT2D eigenvalue weighted by molar-refractivity contribution is 0.401. The van der Waals surface area contributed by atoms with Gasteiger partial charge in [-0.15, -0.1) is 0 Å². The molecule has 1 nitrogen and oxygen atoms in total. The van der Waals surface area contributed by atoms with Gasteiger partial charge in [0, 0.05) is 5.92 Å². The first-order valence-electron chi connectivity index (χ1n) is 5.22. The molecule has 3 rings (SSSR count). The first kappa shape index (κ1) is 8.10. The molecule has 0 fully saturated rings. The summed E-state index contributed by atoms with van der Waals surface area (Å²) in [7, 11) is 1.76. The van der Waals surface area contributed by atoms with Gasteiger partial charge in [0.2, 0.25) is 0 Å². The fraction of sp³-hybridized carbons (Fsp3) is 0.385. The number of ether oxygens (including phenoxy) is 1. The first-order chi connectivity index (χ1) is 6.88. The van der Waals surface area contributed by atoms with E-state index in [1.165, 1.54) is 17.5 Å². The predicted octanol–water partition coefficient (Wildman–Crippen LogP) is 2.91. The molecule has 2 unspecified atom stereocenters. The summed E-state index contributed by atoms with van der Waals surface area (Å²) in [5, 5.41) is 0. The van der Waals surface area contributed by atoms with Crippen molar-refractivity contribution in [3.05, 3.63) is 41.5 Å². The number of fused-ring (bicyclic) bond motifs is 4. The normalized spacial score (nSPS) is 27.5. The number of benzene rings is 1. The summed E-state index contributed by atoms with van der Waals surface area (Å²) in [6.45, 7) is 0. The lowest BCUT2D eigenvalue weighted by Gasteiger charge is -2.24. The summed E-state index contributed by atoms with van der Waals surface area (Å²) in [6, 6.07) is 6.42. The molecule has 72 valence electrons. The van der Waals surface area contributed by atoms with E-state index in [9.17, 15) is 0 Å². The molecule has 2 atom stereocenters. The Morgan fingerprint density at radius 3 is 3.07 bits per heavy atom. The SMILES string of the molecule is COc1cccc2c1CC1C=CC2C1. The fourth-order valence-electron chi connectivity index (χ4n) is 2.76. The Bertz CT molecular complexity index is 392. The average molecular weight is 186 g/mol. The van der Waals surface area contributed by atoms with Crippen molar-refractivity contribution in [2.45, 2.75) is 18.8 Å². The van der Waals surface area contributed by atoms with E-state index in [4.69, 9.17) is 4.74 Å². The summed E-state index contributed by atoms with van der Waals surface area (Å²) in [4.78, 5) is 0. The molecule has 1 heteroatoms. The van der Waals surface area contributed by atoms with E-state index in [0.717, 1.165) is 18.1 Å². The summed E-state index contributed by atoms with van der Waals surface area (Å²) in [5.41, 5.74) is 2.91. The van der Waals surface area contributed by atoms with Crippen LogP contribution < -0.4 is 4.74 Å². The molecule has 0 spiro atoms. The van der Waals surface area contributed by atoms with E-state index >= 15 is 0 Å². The van der Waals surface area contributed by atoms with Crippen LogP contribution in [0.5, 0.6) is 5.75 Å². The maximum absolute atomic E-state index is 5.41. The van der Waals surface area contributed by atoms with Crippen molar-refractivity contribution < 1.29 is 4.74 Å². The van der Waals surface area contributed by atoms with Gasteiger partial charge in [-0.3, -0.25) is 0 Å². The van der Waals surface area contributed by atoms with Gasteiger partial charge in [-0.1, -0.05) is 24.3 Å². The summed E-state index contributed by atoms with van der Waals surface area (Å²) >= 11 is 0. The van der Waals surface area contributed by atoms with Gasteiger partial charge in [-0.05, 0) is 36.0 Å².